The highest BCUT2D eigenvalue weighted by molar-refractivity contribution is 7.80. The smallest absolute Gasteiger partial charge is 0.270 e. The highest BCUT2D eigenvalue weighted by Gasteiger charge is 2.34. The van der Waals surface area contributed by atoms with Crippen LogP contribution in [0, 0.1) is 0 Å². The third kappa shape index (κ3) is 2.94. The number of thiocarbonyl (C=S) groups is 1. The van der Waals surface area contributed by atoms with E-state index < -0.39 is 11.8 Å². The molecule has 4 nitrogen and oxygen atoms in total. The van der Waals surface area contributed by atoms with Gasteiger partial charge >= 0.3 is 0 Å². The number of carbonyl (C=O) groups is 2. The summed E-state index contributed by atoms with van der Waals surface area (Å²) in [6.07, 6.45) is 3.69. The van der Waals surface area contributed by atoms with Crippen molar-refractivity contribution >= 4 is 63.3 Å². The molecule has 6 heteroatoms. The van der Waals surface area contributed by atoms with E-state index in [2.05, 4.69) is 17.4 Å². The van der Waals surface area contributed by atoms with Gasteiger partial charge in [0, 0.05) is 5.02 Å². The van der Waals surface area contributed by atoms with E-state index in [0.29, 0.717) is 10.7 Å². The van der Waals surface area contributed by atoms with Gasteiger partial charge < -0.3 is 0 Å². The zero-order valence-electron chi connectivity index (χ0n) is 15.2. The van der Waals surface area contributed by atoms with Crippen LogP contribution in [0.3, 0.4) is 0 Å². The number of amides is 2. The summed E-state index contributed by atoms with van der Waals surface area (Å²) in [6, 6.07) is 17.0. The van der Waals surface area contributed by atoms with Gasteiger partial charge in [-0.3, -0.25) is 19.8 Å². The Hall–Kier alpha value is -3.02. The second-order valence-electron chi connectivity index (χ2n) is 7.09. The van der Waals surface area contributed by atoms with E-state index in [-0.39, 0.29) is 10.7 Å². The number of nitrogens with one attached hydrogen (secondary N) is 1. The number of carbonyl (C=O) groups excluding carboxylic acids is 2. The molecule has 3 aromatic carbocycles. The molecule has 0 saturated carbocycles. The lowest BCUT2D eigenvalue weighted by molar-refractivity contribution is -0.122. The number of anilines is 1. The highest BCUT2D eigenvalue weighted by atomic mass is 35.5. The van der Waals surface area contributed by atoms with E-state index in [4.69, 9.17) is 23.8 Å². The molecule has 1 saturated heterocycles. The van der Waals surface area contributed by atoms with Gasteiger partial charge in [0.1, 0.15) is 5.57 Å². The Morgan fingerprint density at radius 1 is 0.966 bits per heavy atom. The minimum Gasteiger partial charge on any atom is -0.298 e. The first-order chi connectivity index (χ1) is 14.0. The summed E-state index contributed by atoms with van der Waals surface area (Å²) in [5.41, 5.74) is 4.06. The molecule has 142 valence electrons. The summed E-state index contributed by atoms with van der Waals surface area (Å²) in [5, 5.41) is 5.52. The third-order valence-corrected chi connectivity index (χ3v) is 5.93. The molecule has 0 aromatic heterocycles. The van der Waals surface area contributed by atoms with Crippen molar-refractivity contribution in [3.05, 3.63) is 81.9 Å². The van der Waals surface area contributed by atoms with E-state index in [1.807, 2.05) is 18.2 Å². The molecule has 0 radical (unpaired) electrons. The maximum atomic E-state index is 13.2. The van der Waals surface area contributed by atoms with Crippen LogP contribution in [0.5, 0.6) is 0 Å². The molecule has 1 aliphatic carbocycles. The van der Waals surface area contributed by atoms with Crippen LogP contribution < -0.4 is 10.2 Å². The summed E-state index contributed by atoms with van der Waals surface area (Å²) in [6.45, 7) is 0. The van der Waals surface area contributed by atoms with Crippen molar-refractivity contribution in [3.8, 4) is 0 Å². The Labute approximate surface area is 177 Å². The van der Waals surface area contributed by atoms with Gasteiger partial charge in [-0.1, -0.05) is 41.9 Å². The molecule has 2 amide bonds. The molecule has 3 aromatic rings. The molecular weight excluding hydrogens is 404 g/mol. The van der Waals surface area contributed by atoms with E-state index in [1.54, 1.807) is 30.3 Å². The molecule has 5 rings (SSSR count). The summed E-state index contributed by atoms with van der Waals surface area (Å²) in [7, 11) is 0. The number of hydrogen-bond acceptors (Lipinski definition) is 3. The summed E-state index contributed by atoms with van der Waals surface area (Å²) < 4.78 is 0. The summed E-state index contributed by atoms with van der Waals surface area (Å²) in [5.74, 6) is -0.946. The van der Waals surface area contributed by atoms with E-state index in [1.165, 1.54) is 21.4 Å². The molecule has 1 N–H and O–H groups in total. The van der Waals surface area contributed by atoms with Gasteiger partial charge in [-0.2, -0.15) is 0 Å². The van der Waals surface area contributed by atoms with Gasteiger partial charge in [0.05, 0.1) is 5.69 Å². The molecule has 0 unspecified atom stereocenters. The predicted octanol–water partition coefficient (Wildman–Crippen LogP) is 4.42. The fourth-order valence-corrected chi connectivity index (χ4v) is 4.44. The Morgan fingerprint density at radius 2 is 1.69 bits per heavy atom. The van der Waals surface area contributed by atoms with Crippen LogP contribution in [-0.4, -0.2) is 16.9 Å². The number of hydrogen-bond donors (Lipinski definition) is 1. The second kappa shape index (κ2) is 6.79. The van der Waals surface area contributed by atoms with Crippen molar-refractivity contribution in [2.45, 2.75) is 12.8 Å². The van der Waals surface area contributed by atoms with Crippen LogP contribution in [0.1, 0.15) is 16.7 Å². The average molecular weight is 419 g/mol. The molecule has 29 heavy (non-hydrogen) atoms. The standard InChI is InChI=1S/C23H15ClN2O2S/c24-16-8-10-17(11-9-16)26-22(28)19(21(27)25-23(26)29)12-15-7-6-14-5-4-13-2-1-3-18(15)20(13)14/h1-3,6-12H,4-5H2,(H,25,27,29). The fourth-order valence-electron chi connectivity index (χ4n) is 4.03. The molecule has 0 spiro atoms. The van der Waals surface area contributed by atoms with Gasteiger partial charge in [0.15, 0.2) is 5.11 Å². The second-order valence-corrected chi connectivity index (χ2v) is 7.91. The van der Waals surface area contributed by atoms with E-state index in [0.717, 1.165) is 23.8 Å². The molecule has 1 heterocycles. The van der Waals surface area contributed by atoms with Gasteiger partial charge in [-0.05, 0) is 82.9 Å². The lowest BCUT2D eigenvalue weighted by Gasteiger charge is -2.29. The third-order valence-electron chi connectivity index (χ3n) is 5.40. The monoisotopic (exact) mass is 418 g/mol. The van der Waals surface area contributed by atoms with Crippen molar-refractivity contribution in [2.75, 3.05) is 4.90 Å². The summed E-state index contributed by atoms with van der Waals surface area (Å²) in [4.78, 5) is 27.1. The first-order valence-corrected chi connectivity index (χ1v) is 10.0. The molecule has 0 bridgehead atoms. The maximum Gasteiger partial charge on any atom is 0.270 e. The lowest BCUT2D eigenvalue weighted by atomic mass is 9.97. The average Bonchev–Trinajstić information content (AvgIpc) is 3.13. The normalized spacial score (nSPS) is 17.3. The van der Waals surface area contributed by atoms with E-state index >= 15 is 0 Å². The van der Waals surface area contributed by atoms with Gasteiger partial charge in [0.25, 0.3) is 11.8 Å². The van der Waals surface area contributed by atoms with Crippen LogP contribution in [0.4, 0.5) is 5.69 Å². The van der Waals surface area contributed by atoms with Crippen molar-refractivity contribution in [1.82, 2.24) is 5.32 Å². The first-order valence-electron chi connectivity index (χ1n) is 9.23. The maximum absolute atomic E-state index is 13.2. The minimum absolute atomic E-state index is 0.0484. The first kappa shape index (κ1) is 18.0. The molecule has 2 aliphatic rings. The van der Waals surface area contributed by atoms with Crippen molar-refractivity contribution in [1.29, 1.82) is 0 Å². The zero-order valence-corrected chi connectivity index (χ0v) is 16.8. The van der Waals surface area contributed by atoms with E-state index in [9.17, 15) is 9.59 Å². The molecular formula is C23H15ClN2O2S. The SMILES string of the molecule is O=C1NC(=S)N(c2ccc(Cl)cc2)C(=O)C1=Cc1ccc2c3c(cccc13)CC2. The topological polar surface area (TPSA) is 49.4 Å². The molecule has 1 fully saturated rings. The zero-order chi connectivity index (χ0) is 20.1. The number of rotatable bonds is 2. The van der Waals surface area contributed by atoms with Crippen molar-refractivity contribution in [2.24, 2.45) is 0 Å². The van der Waals surface area contributed by atoms with Crippen LogP contribution in [0.25, 0.3) is 16.8 Å². The van der Waals surface area contributed by atoms with Crippen molar-refractivity contribution < 1.29 is 9.59 Å². The molecule has 1 aliphatic heterocycles. The highest BCUT2D eigenvalue weighted by Crippen LogP contribution is 2.34. The van der Waals surface area contributed by atoms with Crippen molar-refractivity contribution in [3.63, 3.8) is 0 Å². The van der Waals surface area contributed by atoms with Crippen LogP contribution in [0.2, 0.25) is 5.02 Å². The van der Waals surface area contributed by atoms with Crippen LogP contribution in [-0.2, 0) is 22.4 Å². The summed E-state index contributed by atoms with van der Waals surface area (Å²) >= 11 is 11.2. The minimum atomic E-state index is -0.492. The number of halogens is 1. The van der Waals surface area contributed by atoms with Gasteiger partial charge in [-0.25, -0.2) is 0 Å². The quantitative estimate of drug-likeness (QED) is 0.380. The van der Waals surface area contributed by atoms with Gasteiger partial charge in [-0.15, -0.1) is 0 Å². The number of benzene rings is 3. The molecule has 0 atom stereocenters. The Balaban J connectivity index is 1.62. The van der Waals surface area contributed by atoms with Crippen LogP contribution in [0.15, 0.2) is 60.2 Å². The van der Waals surface area contributed by atoms with Gasteiger partial charge in [0.2, 0.25) is 0 Å². The largest absolute Gasteiger partial charge is 0.298 e. The fraction of sp³-hybridized carbons (Fsp3) is 0.0870. The Kier molecular flexibility index (Phi) is 4.23. The Bertz CT molecular complexity index is 1240. The predicted molar refractivity (Wildman–Crippen MR) is 119 cm³/mol. The number of nitrogens with zero attached hydrogens (tertiary/aromatic N) is 1. The number of aryl methyl sites for hydroxylation is 2. The Morgan fingerprint density at radius 3 is 2.45 bits per heavy atom. The lowest BCUT2D eigenvalue weighted by Crippen LogP contribution is -2.54. The van der Waals surface area contributed by atoms with Crippen LogP contribution >= 0.6 is 23.8 Å².